The molecule has 0 bridgehead atoms. The van der Waals surface area contributed by atoms with E-state index in [-0.39, 0.29) is 34.8 Å². The van der Waals surface area contributed by atoms with Crippen molar-refractivity contribution in [2.24, 2.45) is 4.99 Å². The highest BCUT2D eigenvalue weighted by Gasteiger charge is 2.30. The summed E-state index contributed by atoms with van der Waals surface area (Å²) in [4.78, 5) is 20.7. The zero-order valence-electron chi connectivity index (χ0n) is 15.7. The summed E-state index contributed by atoms with van der Waals surface area (Å²) in [6.45, 7) is 1.36. The van der Waals surface area contributed by atoms with Crippen molar-refractivity contribution in [3.05, 3.63) is 65.8 Å². The summed E-state index contributed by atoms with van der Waals surface area (Å²) in [5.41, 5.74) is 0.989. The number of amidine groups is 1. The van der Waals surface area contributed by atoms with Gasteiger partial charge in [0.25, 0.3) is 10.0 Å². The minimum absolute atomic E-state index is 0.116. The smallest absolute Gasteiger partial charge is 0.263 e. The highest BCUT2D eigenvalue weighted by Crippen LogP contribution is 2.22. The molecule has 3 aromatic rings. The van der Waals surface area contributed by atoms with Crippen molar-refractivity contribution in [2.45, 2.75) is 17.9 Å². The molecule has 0 spiro atoms. The Balaban J connectivity index is 1.41. The van der Waals surface area contributed by atoms with E-state index in [0.29, 0.717) is 11.1 Å². The molecule has 1 aromatic heterocycles. The van der Waals surface area contributed by atoms with Gasteiger partial charge in [0.2, 0.25) is 17.6 Å². The minimum atomic E-state index is -3.66. The Morgan fingerprint density at radius 1 is 1.23 bits per heavy atom. The fourth-order valence-electron chi connectivity index (χ4n) is 2.88. The number of sulfonamides is 1. The van der Waals surface area contributed by atoms with Crippen molar-refractivity contribution in [3.8, 4) is 11.4 Å². The number of hydrogen-bond acceptors (Lipinski definition) is 7. The molecule has 0 saturated carbocycles. The van der Waals surface area contributed by atoms with E-state index in [2.05, 4.69) is 25.2 Å². The van der Waals surface area contributed by atoms with Gasteiger partial charge in [0.1, 0.15) is 24.2 Å². The van der Waals surface area contributed by atoms with Gasteiger partial charge in [-0.05, 0) is 43.3 Å². The molecule has 30 heavy (non-hydrogen) atoms. The maximum absolute atomic E-state index is 13.0. The average Bonchev–Trinajstić information content (AvgIpc) is 3.31. The van der Waals surface area contributed by atoms with Crippen LogP contribution in [0.2, 0.25) is 0 Å². The van der Waals surface area contributed by atoms with E-state index in [1.807, 2.05) is 0 Å². The minimum Gasteiger partial charge on any atom is -0.343 e. The first-order chi connectivity index (χ1) is 14.3. The molecule has 1 aliphatic rings. The SMILES string of the molecule is CC(NC(=O)CN=C1NS(=O)(=O)c2ccccc21)c1nc(-c2ccc(F)cc2)no1. The first kappa shape index (κ1) is 19.7. The summed E-state index contributed by atoms with van der Waals surface area (Å²) in [5.74, 6) is -0.285. The summed E-state index contributed by atoms with van der Waals surface area (Å²) in [6.07, 6.45) is 0. The molecule has 2 heterocycles. The van der Waals surface area contributed by atoms with Gasteiger partial charge in [-0.25, -0.2) is 12.8 Å². The van der Waals surface area contributed by atoms with Crippen LogP contribution in [-0.4, -0.2) is 36.8 Å². The van der Waals surface area contributed by atoms with Crippen molar-refractivity contribution in [1.29, 1.82) is 0 Å². The summed E-state index contributed by atoms with van der Waals surface area (Å²) < 4.78 is 44.7. The predicted molar refractivity (Wildman–Crippen MR) is 104 cm³/mol. The van der Waals surface area contributed by atoms with Crippen LogP contribution in [0.5, 0.6) is 0 Å². The Morgan fingerprint density at radius 2 is 1.97 bits per heavy atom. The molecule has 0 fully saturated rings. The second kappa shape index (κ2) is 7.67. The molecule has 1 amide bonds. The number of carbonyl (C=O) groups excluding carboxylic acids is 1. The monoisotopic (exact) mass is 429 g/mol. The third-order valence-corrected chi connectivity index (χ3v) is 5.73. The topological polar surface area (TPSA) is 127 Å². The third kappa shape index (κ3) is 3.92. The molecule has 4 rings (SSSR count). The van der Waals surface area contributed by atoms with Gasteiger partial charge in [-0.2, -0.15) is 4.98 Å². The fourth-order valence-corrected chi connectivity index (χ4v) is 4.13. The molecule has 2 N–H and O–H groups in total. The molecule has 1 atom stereocenters. The number of nitrogens with zero attached hydrogens (tertiary/aromatic N) is 3. The van der Waals surface area contributed by atoms with Crippen LogP contribution in [0.25, 0.3) is 11.4 Å². The van der Waals surface area contributed by atoms with E-state index >= 15 is 0 Å². The lowest BCUT2D eigenvalue weighted by atomic mass is 10.2. The molecular formula is C19H16FN5O4S. The molecule has 11 heteroatoms. The molecule has 0 aliphatic carbocycles. The van der Waals surface area contributed by atoms with E-state index in [9.17, 15) is 17.6 Å². The van der Waals surface area contributed by atoms with Gasteiger partial charge in [0.05, 0.1) is 4.90 Å². The summed E-state index contributed by atoms with van der Waals surface area (Å²) in [5, 5.41) is 6.49. The lowest BCUT2D eigenvalue weighted by Crippen LogP contribution is -2.30. The van der Waals surface area contributed by atoms with Gasteiger partial charge in [-0.15, -0.1) is 0 Å². The van der Waals surface area contributed by atoms with Gasteiger partial charge >= 0.3 is 0 Å². The Labute approximate surface area is 171 Å². The summed E-state index contributed by atoms with van der Waals surface area (Å²) in [7, 11) is -3.66. The molecule has 0 saturated heterocycles. The summed E-state index contributed by atoms with van der Waals surface area (Å²) >= 11 is 0. The first-order valence-electron chi connectivity index (χ1n) is 8.89. The number of rotatable bonds is 5. The summed E-state index contributed by atoms with van der Waals surface area (Å²) in [6, 6.07) is 11.4. The van der Waals surface area contributed by atoms with Gasteiger partial charge in [-0.1, -0.05) is 17.3 Å². The van der Waals surface area contributed by atoms with Crippen LogP contribution in [0.15, 0.2) is 62.9 Å². The Bertz CT molecular complexity index is 1240. The Hall–Kier alpha value is -3.60. The van der Waals surface area contributed by atoms with E-state index < -0.39 is 22.0 Å². The number of benzene rings is 2. The van der Waals surface area contributed by atoms with Crippen molar-refractivity contribution in [1.82, 2.24) is 20.2 Å². The predicted octanol–water partition coefficient (Wildman–Crippen LogP) is 1.79. The zero-order valence-corrected chi connectivity index (χ0v) is 16.5. The van der Waals surface area contributed by atoms with Crippen LogP contribution in [0, 0.1) is 5.82 Å². The molecule has 9 nitrogen and oxygen atoms in total. The Kier molecular flexibility index (Phi) is 5.04. The van der Waals surface area contributed by atoms with Crippen molar-refractivity contribution in [2.75, 3.05) is 6.54 Å². The van der Waals surface area contributed by atoms with Crippen LogP contribution in [0.4, 0.5) is 4.39 Å². The van der Waals surface area contributed by atoms with Gasteiger partial charge in [0, 0.05) is 11.1 Å². The zero-order chi connectivity index (χ0) is 21.3. The number of carbonyl (C=O) groups is 1. The van der Waals surface area contributed by atoms with Crippen LogP contribution in [0.1, 0.15) is 24.4 Å². The lowest BCUT2D eigenvalue weighted by Gasteiger charge is -2.08. The highest BCUT2D eigenvalue weighted by atomic mass is 32.2. The van der Waals surface area contributed by atoms with Crippen molar-refractivity contribution in [3.63, 3.8) is 0 Å². The number of amides is 1. The number of aromatic nitrogens is 2. The molecule has 2 aromatic carbocycles. The molecule has 154 valence electrons. The molecule has 0 radical (unpaired) electrons. The van der Waals surface area contributed by atoms with E-state index in [0.717, 1.165) is 0 Å². The largest absolute Gasteiger partial charge is 0.343 e. The van der Waals surface area contributed by atoms with Crippen LogP contribution in [-0.2, 0) is 14.8 Å². The number of nitrogens with one attached hydrogen (secondary N) is 2. The second-order valence-electron chi connectivity index (χ2n) is 6.52. The molecule has 1 aliphatic heterocycles. The number of aliphatic imine (C=N–C) groups is 1. The molecule has 1 unspecified atom stereocenters. The first-order valence-corrected chi connectivity index (χ1v) is 10.4. The Morgan fingerprint density at radius 3 is 2.73 bits per heavy atom. The quantitative estimate of drug-likeness (QED) is 0.637. The van der Waals surface area contributed by atoms with Gasteiger partial charge in [0.15, 0.2) is 0 Å². The second-order valence-corrected chi connectivity index (χ2v) is 8.17. The maximum atomic E-state index is 13.0. The number of halogens is 1. The van der Waals surface area contributed by atoms with Crippen molar-refractivity contribution >= 4 is 21.8 Å². The molecular weight excluding hydrogens is 413 g/mol. The standard InChI is InChI=1S/C19H16FN5O4S/c1-11(19-23-17(24-29-19)12-6-8-13(20)9-7-12)22-16(26)10-21-18-14-4-2-3-5-15(14)30(27,28)25-18/h2-9,11H,10H2,1H3,(H,21,25)(H,22,26). The highest BCUT2D eigenvalue weighted by molar-refractivity contribution is 7.90. The van der Waals surface area contributed by atoms with E-state index in [4.69, 9.17) is 4.52 Å². The number of fused-ring (bicyclic) bond motifs is 1. The maximum Gasteiger partial charge on any atom is 0.263 e. The van der Waals surface area contributed by atoms with Crippen molar-refractivity contribution < 1.29 is 22.1 Å². The normalized spacial score (nSPS) is 16.7. The van der Waals surface area contributed by atoms with Crippen LogP contribution >= 0.6 is 0 Å². The van der Waals surface area contributed by atoms with Crippen LogP contribution in [0.3, 0.4) is 0 Å². The third-order valence-electron chi connectivity index (χ3n) is 4.34. The average molecular weight is 429 g/mol. The van der Waals surface area contributed by atoms with Gasteiger partial charge in [-0.3, -0.25) is 14.5 Å². The van der Waals surface area contributed by atoms with E-state index in [1.54, 1.807) is 25.1 Å². The lowest BCUT2D eigenvalue weighted by molar-refractivity contribution is -0.120. The fraction of sp³-hybridized carbons (Fsp3) is 0.158. The van der Waals surface area contributed by atoms with Crippen LogP contribution < -0.4 is 10.0 Å². The van der Waals surface area contributed by atoms with E-state index in [1.165, 1.54) is 30.3 Å². The van der Waals surface area contributed by atoms with Gasteiger partial charge < -0.3 is 9.84 Å². The number of hydrogen-bond donors (Lipinski definition) is 2.